The van der Waals surface area contributed by atoms with E-state index in [4.69, 9.17) is 19.9 Å². The van der Waals surface area contributed by atoms with Gasteiger partial charge in [0, 0.05) is 62.4 Å². The van der Waals surface area contributed by atoms with E-state index in [1.54, 1.807) is 19.2 Å². The predicted molar refractivity (Wildman–Crippen MR) is 106 cm³/mol. The summed E-state index contributed by atoms with van der Waals surface area (Å²) in [6.07, 6.45) is -1.98. The van der Waals surface area contributed by atoms with Gasteiger partial charge in [-0.05, 0) is 36.4 Å². The molecule has 1 unspecified atom stereocenters. The number of cyclic esters (lactones) is 1. The molecule has 3 rings (SSSR count). The third-order valence-corrected chi connectivity index (χ3v) is 4.39. The van der Waals surface area contributed by atoms with E-state index in [0.717, 1.165) is 11.4 Å². The summed E-state index contributed by atoms with van der Waals surface area (Å²) in [5, 5.41) is 13.1. The van der Waals surface area contributed by atoms with E-state index in [-0.39, 0.29) is 76.1 Å². The Labute approximate surface area is 210 Å². The number of amides is 1. The average Bonchev–Trinajstić information content (AvgIpc) is 3.12. The number of hydrogen-bond donors (Lipinski definition) is 2. The second-order valence-electron chi connectivity index (χ2n) is 6.51. The molecule has 2 aromatic rings. The van der Waals surface area contributed by atoms with Gasteiger partial charge in [0.1, 0.15) is 24.6 Å². The first-order valence-electron chi connectivity index (χ1n) is 9.11. The molecule has 0 aliphatic carbocycles. The molecule has 1 radical (unpaired) electrons. The number of carbonyl (C=O) groups excluding carboxylic acids is 1. The molecular formula is C20H23AcFN3O5-. The molecule has 30 heavy (non-hydrogen) atoms. The van der Waals surface area contributed by atoms with Gasteiger partial charge in [-0.15, -0.1) is 6.54 Å². The maximum atomic E-state index is 14.3. The summed E-state index contributed by atoms with van der Waals surface area (Å²) in [6.45, 7) is 0.276. The summed E-state index contributed by atoms with van der Waals surface area (Å²) in [5.74, 6) is 0.0533. The maximum absolute atomic E-state index is 14.3. The number of methoxy groups -OCH3 is 1. The summed E-state index contributed by atoms with van der Waals surface area (Å²) in [6, 6.07) is 11.3. The topological polar surface area (TPSA) is 104 Å². The molecule has 1 saturated heterocycles. The van der Waals surface area contributed by atoms with E-state index in [0.29, 0.717) is 5.69 Å². The van der Waals surface area contributed by atoms with Gasteiger partial charge >= 0.3 is 6.09 Å². The molecule has 1 aliphatic rings. The van der Waals surface area contributed by atoms with E-state index in [2.05, 4.69) is 5.32 Å². The maximum Gasteiger partial charge on any atom is 0.414 e. The zero-order valence-electron chi connectivity index (χ0n) is 16.5. The Morgan fingerprint density at radius 2 is 2.07 bits per heavy atom. The van der Waals surface area contributed by atoms with Gasteiger partial charge in [-0.25, -0.2) is 9.18 Å². The van der Waals surface area contributed by atoms with Crippen molar-refractivity contribution in [3.05, 3.63) is 54.0 Å². The number of aliphatic hydroxyl groups is 1. The van der Waals surface area contributed by atoms with Crippen LogP contribution in [-0.2, 0) is 4.74 Å². The molecular weight excluding hydrogens is 608 g/mol. The van der Waals surface area contributed by atoms with Crippen LogP contribution in [0.15, 0.2) is 42.5 Å². The zero-order valence-corrected chi connectivity index (χ0v) is 21.3. The fraction of sp³-hybridized carbons (Fsp3) is 0.350. The molecule has 2 aromatic carbocycles. The minimum absolute atomic E-state index is 0. The van der Waals surface area contributed by atoms with Crippen LogP contribution in [0.1, 0.15) is 0 Å². The monoisotopic (exact) mass is 631 g/mol. The van der Waals surface area contributed by atoms with E-state index in [1.807, 2.05) is 12.1 Å². The van der Waals surface area contributed by atoms with Gasteiger partial charge in [-0.2, -0.15) is 0 Å². The fourth-order valence-corrected chi connectivity index (χ4v) is 2.80. The van der Waals surface area contributed by atoms with E-state index in [1.165, 1.54) is 23.1 Å². The molecule has 0 spiro atoms. The Balaban J connectivity index is 0.00000320. The molecule has 8 nitrogen and oxygen atoms in total. The Kier molecular flexibility index (Phi) is 9.62. The number of rotatable bonds is 9. The van der Waals surface area contributed by atoms with Crippen molar-refractivity contribution in [2.45, 2.75) is 12.2 Å². The van der Waals surface area contributed by atoms with Crippen LogP contribution >= 0.6 is 0 Å². The Morgan fingerprint density at radius 1 is 1.33 bits per heavy atom. The van der Waals surface area contributed by atoms with Crippen LogP contribution in [0, 0.1) is 49.9 Å². The standard InChI is InChI=1S/C20H23FN3O5.Ac/c1-27-16-5-2-13(3-6-16)23-10-15(25)12-28-19-7-4-14(8-18(19)21)24-11-17(9-22)29-20(24)26;/h2-8,15,17,22-23,25H,9-12H2,1H3;/q-1;/t15?,17-;/m1./s1. The summed E-state index contributed by atoms with van der Waals surface area (Å²) in [5.41, 5.74) is 8.43. The molecule has 3 N–H and O–H groups in total. The molecule has 1 heterocycles. The van der Waals surface area contributed by atoms with Crippen LogP contribution in [0.25, 0.3) is 5.73 Å². The first-order valence-corrected chi connectivity index (χ1v) is 9.11. The molecule has 2 atom stereocenters. The molecule has 0 aromatic heterocycles. The van der Waals surface area contributed by atoms with Crippen molar-refractivity contribution in [1.82, 2.24) is 0 Å². The quantitative estimate of drug-likeness (QED) is 0.441. The van der Waals surface area contributed by atoms with Crippen molar-refractivity contribution in [3.8, 4) is 11.5 Å². The van der Waals surface area contributed by atoms with Crippen molar-refractivity contribution in [2.24, 2.45) is 0 Å². The number of benzene rings is 2. The SMILES string of the molecule is COc1ccc(NCC(O)COc2ccc(N3C[C@@H](C[NH-])OC3=O)cc2F)cc1.[Ac]. The second-order valence-corrected chi connectivity index (χ2v) is 6.51. The Bertz CT molecular complexity index is 840. The predicted octanol–water partition coefficient (Wildman–Crippen LogP) is 3.06. The molecule has 10 heteroatoms. The average molecular weight is 631 g/mol. The van der Waals surface area contributed by atoms with Gasteiger partial charge in [0.2, 0.25) is 0 Å². The number of halogens is 1. The van der Waals surface area contributed by atoms with Gasteiger partial charge in [0.15, 0.2) is 11.6 Å². The number of carbonyl (C=O) groups is 1. The molecule has 1 amide bonds. The first kappa shape index (κ1) is 24.7. The number of nitrogens with zero attached hydrogens (tertiary/aromatic N) is 1. The molecule has 159 valence electrons. The van der Waals surface area contributed by atoms with E-state index < -0.39 is 24.1 Å². The third-order valence-electron chi connectivity index (χ3n) is 4.39. The van der Waals surface area contributed by atoms with Gasteiger partial charge in [0.05, 0.1) is 19.3 Å². The number of hydrogen-bond acceptors (Lipinski definition) is 6. The van der Waals surface area contributed by atoms with Crippen molar-refractivity contribution >= 4 is 17.5 Å². The van der Waals surface area contributed by atoms with Crippen molar-refractivity contribution in [2.75, 3.05) is 43.6 Å². The molecule has 1 fully saturated rings. The van der Waals surface area contributed by atoms with Gasteiger partial charge in [-0.1, -0.05) is 0 Å². The zero-order chi connectivity index (χ0) is 20.8. The third kappa shape index (κ3) is 6.45. The van der Waals surface area contributed by atoms with Gasteiger partial charge in [-0.3, -0.25) is 4.90 Å². The Hall–Kier alpha value is -1.60. The number of ether oxygens (including phenoxy) is 3. The van der Waals surface area contributed by atoms with E-state index >= 15 is 0 Å². The van der Waals surface area contributed by atoms with Gasteiger partial charge in [0.25, 0.3) is 0 Å². The van der Waals surface area contributed by atoms with Crippen LogP contribution < -0.4 is 19.7 Å². The van der Waals surface area contributed by atoms with Crippen LogP contribution in [0.5, 0.6) is 11.5 Å². The summed E-state index contributed by atoms with van der Waals surface area (Å²) in [4.78, 5) is 13.1. The van der Waals surface area contributed by atoms with Crippen LogP contribution in [0.2, 0.25) is 0 Å². The first-order chi connectivity index (χ1) is 14.0. The fourth-order valence-electron chi connectivity index (χ4n) is 2.80. The number of nitrogens with one attached hydrogen (secondary N) is 2. The molecule has 0 bridgehead atoms. The van der Waals surface area contributed by atoms with Crippen molar-refractivity contribution < 1.29 is 72.6 Å². The van der Waals surface area contributed by atoms with Crippen LogP contribution in [0.4, 0.5) is 20.6 Å². The van der Waals surface area contributed by atoms with Crippen LogP contribution in [0.3, 0.4) is 0 Å². The van der Waals surface area contributed by atoms with Crippen LogP contribution in [-0.4, -0.2) is 56.8 Å². The minimum atomic E-state index is -0.859. The number of anilines is 2. The molecule has 1 aliphatic heterocycles. The summed E-state index contributed by atoms with van der Waals surface area (Å²) >= 11 is 0. The summed E-state index contributed by atoms with van der Waals surface area (Å²) < 4.78 is 29.8. The minimum Gasteiger partial charge on any atom is -0.674 e. The molecule has 0 saturated carbocycles. The second kappa shape index (κ2) is 11.7. The summed E-state index contributed by atoms with van der Waals surface area (Å²) in [7, 11) is 1.58. The normalized spacial score (nSPS) is 16.5. The van der Waals surface area contributed by atoms with Crippen molar-refractivity contribution in [1.29, 1.82) is 0 Å². The Morgan fingerprint density at radius 3 is 2.67 bits per heavy atom. The van der Waals surface area contributed by atoms with E-state index in [9.17, 15) is 14.3 Å². The smallest absolute Gasteiger partial charge is 0.414 e. The van der Waals surface area contributed by atoms with Gasteiger partial charge < -0.3 is 30.4 Å². The number of aliphatic hydroxyl groups excluding tert-OH is 1. The van der Waals surface area contributed by atoms with Crippen molar-refractivity contribution in [3.63, 3.8) is 0 Å². The largest absolute Gasteiger partial charge is 0.674 e.